The Bertz CT molecular complexity index is 1620. The summed E-state index contributed by atoms with van der Waals surface area (Å²) in [6.45, 7) is 11.9. The maximum absolute atomic E-state index is 13.7. The van der Waals surface area contributed by atoms with Crippen LogP contribution in [0.3, 0.4) is 0 Å². The molecule has 0 saturated carbocycles. The summed E-state index contributed by atoms with van der Waals surface area (Å²) in [6.07, 6.45) is 3.56. The number of benzene rings is 2. The third kappa shape index (κ3) is 7.62. The molecule has 1 saturated heterocycles. The van der Waals surface area contributed by atoms with E-state index in [0.717, 1.165) is 66.0 Å². The van der Waals surface area contributed by atoms with E-state index in [-0.39, 0.29) is 5.91 Å². The fourth-order valence-electron chi connectivity index (χ4n) is 5.53. The van der Waals surface area contributed by atoms with Crippen molar-refractivity contribution in [2.45, 2.75) is 31.6 Å². The molecule has 0 N–H and O–H groups in total. The lowest BCUT2D eigenvalue weighted by atomic mass is 10.2. The van der Waals surface area contributed by atoms with Crippen molar-refractivity contribution in [2.24, 2.45) is 0 Å². The molecule has 8 nitrogen and oxygen atoms in total. The highest BCUT2D eigenvalue weighted by atomic mass is 32.2. The molecule has 5 rings (SSSR count). The average Bonchev–Trinajstić information content (AvgIpc) is 3.68. The minimum absolute atomic E-state index is 0.0493. The van der Waals surface area contributed by atoms with Crippen molar-refractivity contribution in [3.63, 3.8) is 0 Å². The first-order valence-electron chi connectivity index (χ1n) is 15.1. The Morgan fingerprint density at radius 3 is 2.23 bits per heavy atom. The van der Waals surface area contributed by atoms with Crippen LogP contribution in [0.4, 0.5) is 0 Å². The third-order valence-corrected chi connectivity index (χ3v) is 10.1. The van der Waals surface area contributed by atoms with Crippen molar-refractivity contribution in [3.8, 4) is 26.7 Å². The summed E-state index contributed by atoms with van der Waals surface area (Å²) in [5.41, 5.74) is 2.97. The number of thiophene rings is 1. The molecule has 1 aliphatic heterocycles. The number of aromatic nitrogens is 2. The van der Waals surface area contributed by atoms with E-state index < -0.39 is 9.84 Å². The first-order valence-corrected chi connectivity index (χ1v) is 17.8. The van der Waals surface area contributed by atoms with Crippen LogP contribution in [0.5, 0.6) is 0 Å². The van der Waals surface area contributed by atoms with Crippen LogP contribution in [0.15, 0.2) is 77.7 Å². The normalized spacial score (nSPS) is 14.5. The number of carbonyl (C=O) groups is 1. The van der Waals surface area contributed by atoms with Crippen molar-refractivity contribution in [1.29, 1.82) is 0 Å². The van der Waals surface area contributed by atoms with Gasteiger partial charge in [0, 0.05) is 50.4 Å². The van der Waals surface area contributed by atoms with E-state index in [9.17, 15) is 13.2 Å². The molecule has 1 fully saturated rings. The number of piperazine rings is 1. The summed E-state index contributed by atoms with van der Waals surface area (Å²) < 4.78 is 26.1. The number of para-hydroxylation sites is 1. The zero-order valence-corrected chi connectivity index (χ0v) is 26.9. The van der Waals surface area contributed by atoms with Crippen molar-refractivity contribution in [3.05, 3.63) is 78.5 Å². The standard InChI is InChI=1S/C33H41N5O3S2/c1-4-16-35(17-5-2)18-19-36-20-22-37(23-21-36)33(39)29-25-30(38(34-29)27-11-7-6-8-12-27)32-15-14-31(42-32)26-10-9-13-28(24-26)43(3,40)41/h6-15,24-25H,4-5,16-23H2,1-3H3. The number of hydrogen-bond acceptors (Lipinski definition) is 7. The number of amides is 1. The molecule has 10 heteroatoms. The molecule has 4 aromatic rings. The molecule has 228 valence electrons. The quantitative estimate of drug-likeness (QED) is 0.207. The highest BCUT2D eigenvalue weighted by molar-refractivity contribution is 7.90. The molecule has 0 radical (unpaired) electrons. The van der Waals surface area contributed by atoms with E-state index in [1.54, 1.807) is 29.5 Å². The van der Waals surface area contributed by atoms with E-state index in [4.69, 9.17) is 5.10 Å². The van der Waals surface area contributed by atoms with Crippen LogP contribution in [-0.2, 0) is 9.84 Å². The van der Waals surface area contributed by atoms with Crippen LogP contribution in [0.1, 0.15) is 37.2 Å². The van der Waals surface area contributed by atoms with Gasteiger partial charge in [-0.2, -0.15) is 5.10 Å². The number of rotatable bonds is 12. The minimum Gasteiger partial charge on any atom is -0.335 e. The summed E-state index contributed by atoms with van der Waals surface area (Å²) in [5, 5.41) is 4.81. The van der Waals surface area contributed by atoms with Gasteiger partial charge in [-0.25, -0.2) is 13.1 Å². The Morgan fingerprint density at radius 2 is 1.56 bits per heavy atom. The first-order chi connectivity index (χ1) is 20.8. The monoisotopic (exact) mass is 619 g/mol. The lowest BCUT2D eigenvalue weighted by molar-refractivity contribution is 0.0616. The molecule has 1 aliphatic rings. The van der Waals surface area contributed by atoms with Crippen molar-refractivity contribution < 1.29 is 13.2 Å². The van der Waals surface area contributed by atoms with Gasteiger partial charge in [0.25, 0.3) is 5.91 Å². The molecule has 0 atom stereocenters. The Morgan fingerprint density at radius 1 is 0.860 bits per heavy atom. The number of nitrogens with zero attached hydrogens (tertiary/aromatic N) is 5. The lowest BCUT2D eigenvalue weighted by Gasteiger charge is -2.35. The van der Waals surface area contributed by atoms with Gasteiger partial charge in [-0.05, 0) is 74.0 Å². The Balaban J connectivity index is 1.34. The Kier molecular flexibility index (Phi) is 10.1. The van der Waals surface area contributed by atoms with Gasteiger partial charge in [0.05, 0.1) is 21.2 Å². The second kappa shape index (κ2) is 14.0. The topological polar surface area (TPSA) is 78.8 Å². The zero-order valence-electron chi connectivity index (χ0n) is 25.3. The summed E-state index contributed by atoms with van der Waals surface area (Å²) in [7, 11) is -3.31. The van der Waals surface area contributed by atoms with Crippen LogP contribution in [0, 0.1) is 0 Å². The Labute approximate surface area is 259 Å². The average molecular weight is 620 g/mol. The van der Waals surface area contributed by atoms with E-state index in [0.29, 0.717) is 23.7 Å². The number of hydrogen-bond donors (Lipinski definition) is 0. The van der Waals surface area contributed by atoms with Crippen molar-refractivity contribution in [1.82, 2.24) is 24.5 Å². The van der Waals surface area contributed by atoms with Crippen LogP contribution in [0.25, 0.3) is 26.7 Å². The van der Waals surface area contributed by atoms with Crippen LogP contribution in [-0.4, -0.2) is 97.4 Å². The second-order valence-electron chi connectivity index (χ2n) is 11.1. The maximum atomic E-state index is 13.7. The summed E-state index contributed by atoms with van der Waals surface area (Å²) in [5.74, 6) is -0.0493. The molecule has 2 aromatic carbocycles. The highest BCUT2D eigenvalue weighted by Crippen LogP contribution is 2.36. The van der Waals surface area contributed by atoms with Crippen LogP contribution >= 0.6 is 11.3 Å². The molecule has 0 aliphatic carbocycles. The van der Waals surface area contributed by atoms with E-state index in [1.165, 1.54) is 19.1 Å². The van der Waals surface area contributed by atoms with Crippen LogP contribution in [0.2, 0.25) is 0 Å². The minimum atomic E-state index is -3.31. The maximum Gasteiger partial charge on any atom is 0.274 e. The van der Waals surface area contributed by atoms with Crippen LogP contribution < -0.4 is 0 Å². The lowest BCUT2D eigenvalue weighted by Crippen LogP contribution is -2.50. The molecule has 0 bridgehead atoms. The highest BCUT2D eigenvalue weighted by Gasteiger charge is 2.26. The second-order valence-corrected chi connectivity index (χ2v) is 14.2. The molecule has 1 amide bonds. The molecular formula is C33H41N5O3S2. The first kappa shape index (κ1) is 31.1. The number of sulfone groups is 1. The SMILES string of the molecule is CCCN(CCC)CCN1CCN(C(=O)c2cc(-c3ccc(-c4cccc(S(C)(=O)=O)c4)s3)n(-c3ccccc3)n2)CC1. The predicted molar refractivity (Wildman–Crippen MR) is 175 cm³/mol. The molecule has 0 unspecified atom stereocenters. The van der Waals surface area contributed by atoms with E-state index in [1.807, 2.05) is 64.2 Å². The fraction of sp³-hybridized carbons (Fsp3) is 0.394. The molecule has 0 spiro atoms. The number of carbonyl (C=O) groups excluding carboxylic acids is 1. The third-order valence-electron chi connectivity index (χ3n) is 7.81. The summed E-state index contributed by atoms with van der Waals surface area (Å²) in [6, 6.07) is 22.7. The van der Waals surface area contributed by atoms with Crippen molar-refractivity contribution in [2.75, 3.05) is 58.6 Å². The van der Waals surface area contributed by atoms with Gasteiger partial charge in [0.1, 0.15) is 0 Å². The molecule has 2 aromatic heterocycles. The van der Waals surface area contributed by atoms with Gasteiger partial charge in [-0.1, -0.05) is 44.2 Å². The van der Waals surface area contributed by atoms with E-state index >= 15 is 0 Å². The Hall–Kier alpha value is -3.31. The summed E-state index contributed by atoms with van der Waals surface area (Å²) in [4.78, 5) is 22.8. The zero-order chi connectivity index (χ0) is 30.4. The largest absolute Gasteiger partial charge is 0.335 e. The molecule has 3 heterocycles. The van der Waals surface area contributed by atoms with E-state index in [2.05, 4.69) is 23.6 Å². The van der Waals surface area contributed by atoms with Gasteiger partial charge in [0.2, 0.25) is 0 Å². The van der Waals surface area contributed by atoms with Gasteiger partial charge < -0.3 is 9.80 Å². The van der Waals surface area contributed by atoms with Gasteiger partial charge in [0.15, 0.2) is 15.5 Å². The predicted octanol–water partition coefficient (Wildman–Crippen LogP) is 5.55. The fourth-order valence-corrected chi connectivity index (χ4v) is 7.20. The van der Waals surface area contributed by atoms with Gasteiger partial charge >= 0.3 is 0 Å². The smallest absolute Gasteiger partial charge is 0.274 e. The van der Waals surface area contributed by atoms with Gasteiger partial charge in [-0.3, -0.25) is 9.69 Å². The molecule has 43 heavy (non-hydrogen) atoms. The van der Waals surface area contributed by atoms with Gasteiger partial charge in [-0.15, -0.1) is 11.3 Å². The summed E-state index contributed by atoms with van der Waals surface area (Å²) >= 11 is 1.55. The van der Waals surface area contributed by atoms with Crippen molar-refractivity contribution >= 4 is 27.1 Å². The molecular weight excluding hydrogens is 579 g/mol.